The summed E-state index contributed by atoms with van der Waals surface area (Å²) in [5.41, 5.74) is 1.31. The second-order valence-corrected chi connectivity index (χ2v) is 6.41. The zero-order valence-corrected chi connectivity index (χ0v) is 14.3. The van der Waals surface area contributed by atoms with Gasteiger partial charge in [0.2, 0.25) is 0 Å². The van der Waals surface area contributed by atoms with E-state index in [-0.39, 0.29) is 23.5 Å². The van der Waals surface area contributed by atoms with Gasteiger partial charge >= 0.3 is 5.69 Å². The van der Waals surface area contributed by atoms with Gasteiger partial charge in [-0.15, -0.1) is 0 Å². The highest BCUT2D eigenvalue weighted by molar-refractivity contribution is 5.18. The van der Waals surface area contributed by atoms with Crippen LogP contribution in [0.1, 0.15) is 24.3 Å². The van der Waals surface area contributed by atoms with Crippen LogP contribution < -0.4 is 11.2 Å². The van der Waals surface area contributed by atoms with Crippen molar-refractivity contribution in [3.05, 3.63) is 68.5 Å². The summed E-state index contributed by atoms with van der Waals surface area (Å²) < 4.78 is 8.72. The Bertz CT molecular complexity index is 826. The van der Waals surface area contributed by atoms with Crippen molar-refractivity contribution >= 4 is 0 Å². The Hall–Kier alpha value is -2.18. The molecule has 0 amide bonds. The Labute approximate surface area is 140 Å². The standard InChI is InChI=1S/C18H23N3O3/c1-13-10-21(12-16(24-13)14-7-5-4-6-8-14)11-15-9-17(22)20(3)18(23)19(15)2/h4-9,13,16H,10-12H2,1-3H3/t13-,16+/m1/s1. The lowest BCUT2D eigenvalue weighted by molar-refractivity contribution is -0.0819. The highest BCUT2D eigenvalue weighted by Gasteiger charge is 2.27. The molecule has 0 unspecified atom stereocenters. The molecule has 1 aliphatic rings. The first-order valence-corrected chi connectivity index (χ1v) is 8.14. The molecule has 3 rings (SSSR count). The quantitative estimate of drug-likeness (QED) is 0.844. The molecular formula is C18H23N3O3. The maximum atomic E-state index is 12.1. The van der Waals surface area contributed by atoms with E-state index in [1.807, 2.05) is 25.1 Å². The van der Waals surface area contributed by atoms with Gasteiger partial charge in [-0.25, -0.2) is 4.79 Å². The van der Waals surface area contributed by atoms with Crippen LogP contribution in [-0.4, -0.2) is 33.2 Å². The van der Waals surface area contributed by atoms with Crippen LogP contribution in [-0.2, 0) is 25.4 Å². The summed E-state index contributed by atoms with van der Waals surface area (Å²) in [5.74, 6) is 0. The minimum atomic E-state index is -0.293. The molecule has 6 heteroatoms. The lowest BCUT2D eigenvalue weighted by Crippen LogP contribution is -2.44. The van der Waals surface area contributed by atoms with Gasteiger partial charge in [-0.2, -0.15) is 0 Å². The second-order valence-electron chi connectivity index (χ2n) is 6.41. The van der Waals surface area contributed by atoms with Crippen LogP contribution in [0, 0.1) is 0 Å². The molecule has 24 heavy (non-hydrogen) atoms. The fourth-order valence-electron chi connectivity index (χ4n) is 3.18. The molecule has 0 N–H and O–H groups in total. The van der Waals surface area contributed by atoms with E-state index in [2.05, 4.69) is 17.0 Å². The van der Waals surface area contributed by atoms with Crippen LogP contribution in [0.3, 0.4) is 0 Å². The Balaban J connectivity index is 1.83. The summed E-state index contributed by atoms with van der Waals surface area (Å²) in [6.45, 7) is 4.11. The van der Waals surface area contributed by atoms with Gasteiger partial charge in [0.15, 0.2) is 0 Å². The van der Waals surface area contributed by atoms with E-state index in [1.54, 1.807) is 17.7 Å². The van der Waals surface area contributed by atoms with Crippen LogP contribution in [0.2, 0.25) is 0 Å². The molecule has 0 aliphatic carbocycles. The summed E-state index contributed by atoms with van der Waals surface area (Å²) in [4.78, 5) is 26.2. The van der Waals surface area contributed by atoms with E-state index in [4.69, 9.17) is 4.74 Å². The van der Waals surface area contributed by atoms with Crippen molar-refractivity contribution in [1.82, 2.24) is 14.0 Å². The molecule has 1 aliphatic heterocycles. The van der Waals surface area contributed by atoms with Crippen LogP contribution in [0.4, 0.5) is 0 Å². The molecule has 1 fully saturated rings. The topological polar surface area (TPSA) is 56.5 Å². The SMILES string of the molecule is C[C@@H]1CN(Cc2cc(=O)n(C)c(=O)n2C)C[C@@H](c2ccccc2)O1. The normalized spacial score (nSPS) is 21.8. The number of aromatic nitrogens is 2. The average molecular weight is 329 g/mol. The number of ether oxygens (including phenoxy) is 1. The summed E-state index contributed by atoms with van der Waals surface area (Å²) in [6.07, 6.45) is 0.0889. The molecule has 1 aromatic carbocycles. The van der Waals surface area contributed by atoms with Gasteiger partial charge in [0.1, 0.15) is 0 Å². The third kappa shape index (κ3) is 3.34. The van der Waals surface area contributed by atoms with E-state index in [0.29, 0.717) is 6.54 Å². The van der Waals surface area contributed by atoms with Crippen molar-refractivity contribution in [2.75, 3.05) is 13.1 Å². The van der Waals surface area contributed by atoms with Crippen molar-refractivity contribution in [3.8, 4) is 0 Å². The smallest absolute Gasteiger partial charge is 0.330 e. The van der Waals surface area contributed by atoms with Crippen molar-refractivity contribution in [1.29, 1.82) is 0 Å². The zero-order chi connectivity index (χ0) is 17.3. The first kappa shape index (κ1) is 16.7. The number of rotatable bonds is 3. The van der Waals surface area contributed by atoms with Gasteiger partial charge in [-0.05, 0) is 12.5 Å². The van der Waals surface area contributed by atoms with Crippen LogP contribution in [0.5, 0.6) is 0 Å². The van der Waals surface area contributed by atoms with Gasteiger partial charge < -0.3 is 4.74 Å². The van der Waals surface area contributed by atoms with Crippen molar-refractivity contribution in [2.24, 2.45) is 14.1 Å². The molecule has 2 aromatic rings. The van der Waals surface area contributed by atoms with E-state index in [0.717, 1.165) is 28.9 Å². The maximum absolute atomic E-state index is 12.1. The maximum Gasteiger partial charge on any atom is 0.330 e. The lowest BCUT2D eigenvalue weighted by atomic mass is 10.1. The van der Waals surface area contributed by atoms with Crippen molar-refractivity contribution in [3.63, 3.8) is 0 Å². The first-order chi connectivity index (χ1) is 11.5. The zero-order valence-electron chi connectivity index (χ0n) is 14.3. The molecule has 128 valence electrons. The fourth-order valence-corrected chi connectivity index (χ4v) is 3.18. The third-order valence-electron chi connectivity index (χ3n) is 4.52. The molecule has 1 saturated heterocycles. The third-order valence-corrected chi connectivity index (χ3v) is 4.52. The van der Waals surface area contributed by atoms with Gasteiger partial charge in [-0.1, -0.05) is 30.3 Å². The number of benzene rings is 1. The minimum Gasteiger partial charge on any atom is -0.368 e. The second kappa shape index (κ2) is 6.75. The predicted octanol–water partition coefficient (Wildman–Crippen LogP) is 1.05. The molecule has 6 nitrogen and oxygen atoms in total. The van der Waals surface area contributed by atoms with Crippen molar-refractivity contribution < 1.29 is 4.74 Å². The average Bonchev–Trinajstić information content (AvgIpc) is 2.58. The van der Waals surface area contributed by atoms with Gasteiger partial charge in [0, 0.05) is 45.5 Å². The Morgan fingerprint density at radius 1 is 1.08 bits per heavy atom. The van der Waals surface area contributed by atoms with Gasteiger partial charge in [0.05, 0.1) is 12.2 Å². The molecule has 0 saturated carbocycles. The van der Waals surface area contributed by atoms with Gasteiger partial charge in [-0.3, -0.25) is 18.8 Å². The molecule has 2 atom stereocenters. The Kier molecular flexibility index (Phi) is 4.69. The monoisotopic (exact) mass is 329 g/mol. The lowest BCUT2D eigenvalue weighted by Gasteiger charge is -2.37. The summed E-state index contributed by atoms with van der Waals surface area (Å²) in [5, 5.41) is 0. The summed E-state index contributed by atoms with van der Waals surface area (Å²) in [7, 11) is 3.20. The molecular weight excluding hydrogens is 306 g/mol. The molecule has 2 heterocycles. The van der Waals surface area contributed by atoms with Crippen LogP contribution in [0.25, 0.3) is 0 Å². The van der Waals surface area contributed by atoms with Crippen LogP contribution in [0.15, 0.2) is 46.0 Å². The highest BCUT2D eigenvalue weighted by atomic mass is 16.5. The Morgan fingerprint density at radius 3 is 2.50 bits per heavy atom. The molecule has 0 spiro atoms. The summed E-state index contributed by atoms with van der Waals surface area (Å²) >= 11 is 0. The molecule has 1 aromatic heterocycles. The van der Waals surface area contributed by atoms with Crippen molar-refractivity contribution in [2.45, 2.75) is 25.7 Å². The molecule has 0 bridgehead atoms. The van der Waals surface area contributed by atoms with Crippen LogP contribution >= 0.6 is 0 Å². The van der Waals surface area contributed by atoms with E-state index < -0.39 is 0 Å². The highest BCUT2D eigenvalue weighted by Crippen LogP contribution is 2.25. The molecule has 0 radical (unpaired) electrons. The van der Waals surface area contributed by atoms with E-state index in [9.17, 15) is 9.59 Å². The van der Waals surface area contributed by atoms with Gasteiger partial charge in [0.25, 0.3) is 5.56 Å². The van der Waals surface area contributed by atoms with E-state index >= 15 is 0 Å². The number of hydrogen-bond donors (Lipinski definition) is 0. The number of nitrogens with zero attached hydrogens (tertiary/aromatic N) is 3. The number of morpholine rings is 1. The largest absolute Gasteiger partial charge is 0.368 e. The van der Waals surface area contributed by atoms with E-state index in [1.165, 1.54) is 7.05 Å². The number of hydrogen-bond acceptors (Lipinski definition) is 4. The Morgan fingerprint density at radius 2 is 1.79 bits per heavy atom. The first-order valence-electron chi connectivity index (χ1n) is 8.14. The minimum absolute atomic E-state index is 0.00137. The summed E-state index contributed by atoms with van der Waals surface area (Å²) in [6, 6.07) is 11.7. The fraction of sp³-hybridized carbons (Fsp3) is 0.444. The predicted molar refractivity (Wildman–Crippen MR) is 91.9 cm³/mol.